The molecule has 0 saturated heterocycles. The van der Waals surface area contributed by atoms with Crippen molar-refractivity contribution in [1.29, 1.82) is 0 Å². The van der Waals surface area contributed by atoms with E-state index in [1.807, 2.05) is 152 Å². The zero-order chi connectivity index (χ0) is 72.4. The summed E-state index contributed by atoms with van der Waals surface area (Å²) in [6, 6.07) is 110. The summed E-state index contributed by atoms with van der Waals surface area (Å²) in [6.45, 7) is 0. The summed E-state index contributed by atoms with van der Waals surface area (Å²) in [6.07, 6.45) is 0. The monoisotopic (exact) mass is 1410 g/mol. The lowest BCUT2D eigenvalue weighted by Gasteiger charge is -2.32. The van der Waals surface area contributed by atoms with Gasteiger partial charge in [-0.3, -0.25) is 0 Å². The van der Waals surface area contributed by atoms with Crippen LogP contribution in [0.5, 0.6) is 69.0 Å². The molecular weight excluding hydrogens is 1350 g/mol. The van der Waals surface area contributed by atoms with Crippen LogP contribution < -0.4 is 14.2 Å². The average molecular weight is 1410 g/mol. The van der Waals surface area contributed by atoms with Gasteiger partial charge in [-0.25, -0.2) is 0 Å². The molecule has 0 aromatic heterocycles. The first-order chi connectivity index (χ1) is 53.0. The van der Waals surface area contributed by atoms with Gasteiger partial charge in [-0.1, -0.05) is 224 Å². The zero-order valence-corrected chi connectivity index (χ0v) is 58.9. The molecule has 21 rings (SSSR count). The number of ether oxygens (including phenoxy) is 3. The van der Waals surface area contributed by atoms with E-state index in [1.54, 1.807) is 60.7 Å². The number of aromatic hydroxyl groups is 6. The Balaban J connectivity index is 0.000000182. The van der Waals surface area contributed by atoms with E-state index in [9.17, 15) is 30.6 Å². The third-order valence-corrected chi connectivity index (χ3v) is 22.1. The third-order valence-electron chi connectivity index (χ3n) is 22.1. The van der Waals surface area contributed by atoms with Crippen LogP contribution in [0.25, 0.3) is 109 Å². The first kappa shape index (κ1) is 65.5. The first-order valence-corrected chi connectivity index (χ1v) is 36.1. The Labute approximate surface area is 628 Å². The van der Waals surface area contributed by atoms with Gasteiger partial charge in [0.05, 0.1) is 0 Å². The zero-order valence-electron chi connectivity index (χ0n) is 58.9. The van der Waals surface area contributed by atoms with E-state index in [1.165, 1.54) is 5.56 Å². The smallest absolute Gasteiger partial charge is 0.132 e. The Hall–Kier alpha value is -14.3. The molecule has 6 N–H and O–H groups in total. The summed E-state index contributed by atoms with van der Waals surface area (Å²) in [4.78, 5) is 0. The molecule has 18 aromatic rings. The Morgan fingerprint density at radius 3 is 0.679 bits per heavy atom. The maximum absolute atomic E-state index is 12.2. The van der Waals surface area contributed by atoms with Crippen LogP contribution in [0.1, 0.15) is 67.8 Å². The fraction of sp³-hybridized carbons (Fsp3) is 0.0300. The molecule has 0 amide bonds. The van der Waals surface area contributed by atoms with Gasteiger partial charge in [-0.15, -0.1) is 0 Å². The molecule has 0 bridgehead atoms. The van der Waals surface area contributed by atoms with Gasteiger partial charge < -0.3 is 52.3 Å². The van der Waals surface area contributed by atoms with E-state index in [-0.39, 0.29) is 59.7 Å². The second kappa shape index (κ2) is 26.1. The summed E-state index contributed by atoms with van der Waals surface area (Å²) in [5.41, 5.74) is 17.0. The van der Waals surface area contributed by atoms with Gasteiger partial charge in [-0.2, -0.15) is 0 Å². The van der Waals surface area contributed by atoms with Crippen molar-refractivity contribution >= 4 is 64.6 Å². The maximum atomic E-state index is 12.2. The summed E-state index contributed by atoms with van der Waals surface area (Å²) in [5, 5.41) is 76.9. The summed E-state index contributed by atoms with van der Waals surface area (Å²) in [5.74, 6) is 4.62. The third kappa shape index (κ3) is 11.0. The van der Waals surface area contributed by atoms with Gasteiger partial charge in [0.25, 0.3) is 0 Å². The molecule has 0 saturated carbocycles. The Morgan fingerprint density at radius 1 is 0.193 bits per heavy atom. The van der Waals surface area contributed by atoms with E-state index >= 15 is 0 Å². The molecule has 522 valence electrons. The normalized spacial score (nSPS) is 13.8. The molecule has 9 heteroatoms. The summed E-state index contributed by atoms with van der Waals surface area (Å²) < 4.78 is 20.2. The fourth-order valence-electron chi connectivity index (χ4n) is 17.2. The van der Waals surface area contributed by atoms with Crippen LogP contribution in [0.3, 0.4) is 0 Å². The molecule has 0 aliphatic carbocycles. The van der Waals surface area contributed by atoms with Crippen LogP contribution in [0.4, 0.5) is 0 Å². The molecule has 3 heterocycles. The lowest BCUT2D eigenvalue weighted by atomic mass is 9.76. The van der Waals surface area contributed by atoms with Crippen molar-refractivity contribution in [2.75, 3.05) is 0 Å². The summed E-state index contributed by atoms with van der Waals surface area (Å²) >= 11 is 0. The molecule has 109 heavy (non-hydrogen) atoms. The molecule has 18 aromatic carbocycles. The molecule has 2 atom stereocenters. The minimum absolute atomic E-state index is 0. The van der Waals surface area contributed by atoms with E-state index < -0.39 is 0 Å². The van der Waals surface area contributed by atoms with Crippen molar-refractivity contribution < 1.29 is 44.8 Å². The molecular formula is C100H67O9-. The average Bonchev–Trinajstić information content (AvgIpc) is 0.723. The van der Waals surface area contributed by atoms with Gasteiger partial charge in [-0.05, 0) is 224 Å². The van der Waals surface area contributed by atoms with E-state index in [0.29, 0.717) is 22.6 Å². The number of benzene rings is 18. The number of hydrogen-bond donors (Lipinski definition) is 6. The van der Waals surface area contributed by atoms with E-state index in [4.69, 9.17) is 14.2 Å². The van der Waals surface area contributed by atoms with Crippen LogP contribution in [-0.4, -0.2) is 30.6 Å². The lowest BCUT2D eigenvalue weighted by Crippen LogP contribution is -2.13. The van der Waals surface area contributed by atoms with E-state index in [2.05, 4.69) is 121 Å². The molecule has 0 spiro atoms. The fourth-order valence-corrected chi connectivity index (χ4v) is 17.2. The summed E-state index contributed by atoms with van der Waals surface area (Å²) in [7, 11) is 0. The van der Waals surface area contributed by atoms with Gasteiger partial charge in [0.2, 0.25) is 0 Å². The maximum Gasteiger partial charge on any atom is 0.132 e. The minimum Gasteiger partial charge on any atom is -0.508 e. The van der Waals surface area contributed by atoms with Gasteiger partial charge in [0.1, 0.15) is 69.0 Å². The second-order valence-electron chi connectivity index (χ2n) is 28.2. The predicted molar refractivity (Wildman–Crippen MR) is 438 cm³/mol. The van der Waals surface area contributed by atoms with Crippen LogP contribution >= 0.6 is 0 Å². The van der Waals surface area contributed by atoms with Crippen molar-refractivity contribution in [2.45, 2.75) is 17.8 Å². The molecule has 0 fully saturated rings. The van der Waals surface area contributed by atoms with Crippen LogP contribution in [0.2, 0.25) is 0 Å². The van der Waals surface area contributed by atoms with Crippen LogP contribution in [-0.2, 0) is 0 Å². The van der Waals surface area contributed by atoms with Crippen LogP contribution in [0.15, 0.2) is 334 Å². The molecule has 9 nitrogen and oxygen atoms in total. The Bertz CT molecular complexity index is 6330. The highest BCUT2D eigenvalue weighted by molar-refractivity contribution is 6.13. The highest BCUT2D eigenvalue weighted by Gasteiger charge is 2.37. The number of phenols is 6. The highest BCUT2D eigenvalue weighted by Crippen LogP contribution is 2.59. The number of hydrogen-bond acceptors (Lipinski definition) is 9. The Kier molecular flexibility index (Phi) is 15.7. The van der Waals surface area contributed by atoms with Crippen LogP contribution in [0, 0.1) is 7.43 Å². The van der Waals surface area contributed by atoms with Crippen molar-refractivity contribution in [3.8, 4) is 114 Å². The lowest BCUT2D eigenvalue weighted by molar-refractivity contribution is 0.455. The number of rotatable bonds is 7. The molecule has 0 radical (unpaired) electrons. The van der Waals surface area contributed by atoms with Gasteiger partial charge in [0, 0.05) is 62.3 Å². The highest BCUT2D eigenvalue weighted by atomic mass is 16.5. The van der Waals surface area contributed by atoms with Crippen molar-refractivity contribution in [1.82, 2.24) is 0 Å². The van der Waals surface area contributed by atoms with Gasteiger partial charge in [0.15, 0.2) is 0 Å². The first-order valence-electron chi connectivity index (χ1n) is 36.1. The standard InChI is InChI=1S/C66H42O6.C33H22O3.CH3/c67-45-21-23-47-43(35-45)19-31-55-63(47)59(41-15-11-39(12-16-41)37-7-3-1-4-8-37)65-51-25-29-53(69)61(49(51)27-33-57(65)71-55)62-50-28-34-58-66(52(50)26-30-54(62)70)60(42-17-13-40(14-18-42)38-9-5-2-6-10-38)64-48-24-22-46(68)36-44(48)20-32-56(64)72-58;34-25-12-14-27-23(18-25)10-16-29-32(27)31(22-8-6-21(7-9-22)20-4-2-1-3-5-20)33-28-15-13-26(35)19-24(28)11-17-30(33)36-29;/h1-36,59-60,67-70H;1-19,31,34-35H;1H3/q;;-1. The molecule has 3 aliphatic rings. The quantitative estimate of drug-likeness (QED) is 0.0858. The van der Waals surface area contributed by atoms with Crippen molar-refractivity contribution in [3.05, 3.63) is 391 Å². The SMILES string of the molecule is Oc1ccc2c3c(ccc2c1)Oc1ccc2c(-c4c(O)ccc5c6c(ccc45)Oc4ccc5cc(O)ccc5c4C6c4ccc(-c5ccccc5)cc4)c(O)ccc2c1C3c1ccc(-c2ccccc2)cc1.Oc1ccc2c3c(ccc2c1)Oc1ccc2cc(O)ccc2c1C3c1ccc(-c2ccccc2)cc1.[CH3-]. The van der Waals surface area contributed by atoms with Crippen molar-refractivity contribution in [3.63, 3.8) is 0 Å². The van der Waals surface area contributed by atoms with Gasteiger partial charge >= 0.3 is 0 Å². The van der Waals surface area contributed by atoms with E-state index in [0.717, 1.165) is 166 Å². The molecule has 3 aliphatic heterocycles. The predicted octanol–water partition coefficient (Wildman–Crippen LogP) is 25.5. The number of fused-ring (bicyclic) bond motifs is 18. The van der Waals surface area contributed by atoms with Crippen molar-refractivity contribution in [2.24, 2.45) is 0 Å². The largest absolute Gasteiger partial charge is 0.508 e. The topological polar surface area (TPSA) is 149 Å². The molecule has 2 unspecified atom stereocenters. The number of phenolic OH excluding ortho intramolecular Hbond substituents is 6. The second-order valence-corrected chi connectivity index (χ2v) is 28.2. The Morgan fingerprint density at radius 2 is 0.413 bits per heavy atom. The minimum atomic E-state index is -0.320.